The third kappa shape index (κ3) is 5.76. The minimum Gasteiger partial charge on any atom is -0.493 e. The first-order valence-electron chi connectivity index (χ1n) is 11.9. The summed E-state index contributed by atoms with van der Waals surface area (Å²) in [5, 5.41) is 15.4. The summed E-state index contributed by atoms with van der Waals surface area (Å²) in [4.78, 5) is 32.0. The number of ether oxygens (including phenoxy) is 2. The topological polar surface area (TPSA) is 122 Å². The number of benzene rings is 3. The molecular formula is C28H17ClF3N5O5. The molecule has 0 fully saturated rings. The molecule has 3 aromatic carbocycles. The Hall–Kier alpha value is -5.30. The third-order valence-electron chi connectivity index (χ3n) is 5.91. The summed E-state index contributed by atoms with van der Waals surface area (Å²) < 4.78 is 52.3. The van der Waals surface area contributed by atoms with Crippen LogP contribution in [0, 0.1) is 10.1 Å². The number of nitrogens with zero attached hydrogens (tertiary/aromatic N) is 5. The molecule has 0 amide bonds. The summed E-state index contributed by atoms with van der Waals surface area (Å²) >= 11 is 6.43. The van der Waals surface area contributed by atoms with Crippen LogP contribution in [0.5, 0.6) is 17.4 Å². The van der Waals surface area contributed by atoms with E-state index in [0.29, 0.717) is 5.56 Å². The van der Waals surface area contributed by atoms with E-state index in [2.05, 4.69) is 15.1 Å². The molecule has 14 heteroatoms. The van der Waals surface area contributed by atoms with Gasteiger partial charge in [0.05, 0.1) is 39.7 Å². The Morgan fingerprint density at radius 2 is 1.86 bits per heavy atom. The van der Waals surface area contributed by atoms with Gasteiger partial charge in [0.1, 0.15) is 6.20 Å². The Morgan fingerprint density at radius 3 is 2.55 bits per heavy atom. The molecule has 0 atom stereocenters. The maximum absolute atomic E-state index is 13.4. The quantitative estimate of drug-likeness (QED) is 0.116. The maximum Gasteiger partial charge on any atom is 0.416 e. The predicted molar refractivity (Wildman–Crippen MR) is 148 cm³/mol. The summed E-state index contributed by atoms with van der Waals surface area (Å²) in [5.74, 6) is 0.114. The molecule has 0 unspecified atom stereocenters. The Morgan fingerprint density at radius 1 is 1.07 bits per heavy atom. The third-order valence-corrected chi connectivity index (χ3v) is 6.19. The van der Waals surface area contributed by atoms with Gasteiger partial charge in [-0.2, -0.15) is 22.9 Å². The number of hydrogen-bond acceptors (Lipinski definition) is 8. The Labute approximate surface area is 239 Å². The minimum atomic E-state index is -4.61. The summed E-state index contributed by atoms with van der Waals surface area (Å²) in [7, 11) is 1.35. The van der Waals surface area contributed by atoms with Crippen LogP contribution in [-0.4, -0.2) is 32.9 Å². The van der Waals surface area contributed by atoms with Crippen molar-refractivity contribution in [3.63, 3.8) is 0 Å². The Bertz CT molecular complexity index is 1910. The monoisotopic (exact) mass is 595 g/mol. The van der Waals surface area contributed by atoms with E-state index in [0.717, 1.165) is 23.0 Å². The molecule has 0 aliphatic rings. The van der Waals surface area contributed by atoms with Crippen LogP contribution in [0.1, 0.15) is 11.1 Å². The maximum atomic E-state index is 13.4. The van der Waals surface area contributed by atoms with Crippen LogP contribution in [-0.2, 0) is 6.18 Å². The molecule has 5 aromatic rings. The highest BCUT2D eigenvalue weighted by atomic mass is 35.5. The van der Waals surface area contributed by atoms with Gasteiger partial charge >= 0.3 is 6.18 Å². The van der Waals surface area contributed by atoms with Crippen molar-refractivity contribution in [2.24, 2.45) is 5.10 Å². The number of methoxy groups -OCH3 is 1. The zero-order chi connectivity index (χ0) is 30.0. The van der Waals surface area contributed by atoms with Crippen LogP contribution >= 0.6 is 11.6 Å². The standard InChI is InChI=1S/C28H17ClF3N5O5/c1-41-23-12-16(11-21(29)25(23)42-24-10-9-19(15-33-24)37(39)40)14-34-36-26(17-5-4-6-18(13-17)28(30,31)32)35-22-8-3-2-7-20(22)27(36)38/h2-15H,1H3. The van der Waals surface area contributed by atoms with E-state index in [-0.39, 0.29) is 50.4 Å². The number of para-hydroxylation sites is 1. The fraction of sp³-hybridized carbons (Fsp3) is 0.0714. The molecule has 42 heavy (non-hydrogen) atoms. The van der Waals surface area contributed by atoms with Gasteiger partial charge in [-0.1, -0.05) is 35.9 Å². The van der Waals surface area contributed by atoms with E-state index < -0.39 is 22.2 Å². The van der Waals surface area contributed by atoms with Gasteiger partial charge < -0.3 is 9.47 Å². The van der Waals surface area contributed by atoms with Crippen LogP contribution in [0.4, 0.5) is 18.9 Å². The second-order valence-electron chi connectivity index (χ2n) is 8.64. The molecule has 212 valence electrons. The molecule has 0 N–H and O–H groups in total. The number of fused-ring (bicyclic) bond motifs is 1. The van der Waals surface area contributed by atoms with Crippen LogP contribution in [0.3, 0.4) is 0 Å². The van der Waals surface area contributed by atoms with E-state index in [9.17, 15) is 28.1 Å². The highest BCUT2D eigenvalue weighted by Gasteiger charge is 2.31. The number of alkyl halides is 3. The largest absolute Gasteiger partial charge is 0.493 e. The van der Waals surface area contributed by atoms with Crippen molar-refractivity contribution in [1.82, 2.24) is 14.6 Å². The summed E-state index contributed by atoms with van der Waals surface area (Å²) in [6.45, 7) is 0. The minimum absolute atomic E-state index is 0.0155. The van der Waals surface area contributed by atoms with E-state index in [4.69, 9.17) is 21.1 Å². The summed E-state index contributed by atoms with van der Waals surface area (Å²) in [6, 6.07) is 16.2. The highest BCUT2D eigenvalue weighted by Crippen LogP contribution is 2.39. The average Bonchev–Trinajstić information content (AvgIpc) is 2.97. The van der Waals surface area contributed by atoms with Crippen molar-refractivity contribution < 1.29 is 27.6 Å². The molecule has 0 radical (unpaired) electrons. The molecular weight excluding hydrogens is 579 g/mol. The average molecular weight is 596 g/mol. The molecule has 0 bridgehead atoms. The van der Waals surface area contributed by atoms with Gasteiger partial charge in [-0.15, -0.1) is 0 Å². The normalized spacial score (nSPS) is 11.6. The van der Waals surface area contributed by atoms with Crippen LogP contribution in [0.2, 0.25) is 5.02 Å². The molecule has 0 saturated heterocycles. The van der Waals surface area contributed by atoms with Gasteiger partial charge in [-0.3, -0.25) is 14.9 Å². The van der Waals surface area contributed by atoms with Gasteiger partial charge in [0.2, 0.25) is 5.88 Å². The van der Waals surface area contributed by atoms with Gasteiger partial charge in [0.15, 0.2) is 17.3 Å². The fourth-order valence-corrected chi connectivity index (χ4v) is 4.19. The predicted octanol–water partition coefficient (Wildman–Crippen LogP) is 6.72. The SMILES string of the molecule is COc1cc(C=Nn2c(-c3cccc(C(F)(F)F)c3)nc3ccccc3c2=O)cc(Cl)c1Oc1ccc([N+](=O)[O-])cn1. The molecule has 10 nitrogen and oxygen atoms in total. The number of nitro groups is 1. The first kappa shape index (κ1) is 28.2. The van der Waals surface area contributed by atoms with Crippen molar-refractivity contribution in [3.8, 4) is 28.8 Å². The molecule has 2 aromatic heterocycles. The number of aromatic nitrogens is 3. The number of hydrogen-bond donors (Lipinski definition) is 0. The second-order valence-corrected chi connectivity index (χ2v) is 9.05. The van der Waals surface area contributed by atoms with Crippen LogP contribution in [0.25, 0.3) is 22.3 Å². The molecule has 2 heterocycles. The van der Waals surface area contributed by atoms with Crippen molar-refractivity contribution in [1.29, 1.82) is 0 Å². The van der Waals surface area contributed by atoms with Crippen molar-refractivity contribution >= 4 is 34.4 Å². The van der Waals surface area contributed by atoms with Crippen molar-refractivity contribution in [2.45, 2.75) is 6.18 Å². The van der Waals surface area contributed by atoms with Crippen molar-refractivity contribution in [3.05, 3.63) is 116 Å². The van der Waals surface area contributed by atoms with Gasteiger partial charge in [-0.05, 0) is 42.0 Å². The lowest BCUT2D eigenvalue weighted by Crippen LogP contribution is -2.20. The molecule has 0 saturated carbocycles. The van der Waals surface area contributed by atoms with E-state index in [1.807, 2.05) is 0 Å². The van der Waals surface area contributed by atoms with Crippen LogP contribution in [0.15, 0.2) is 88.9 Å². The molecule has 0 aliphatic carbocycles. The van der Waals surface area contributed by atoms with E-state index in [1.165, 1.54) is 55.8 Å². The lowest BCUT2D eigenvalue weighted by molar-refractivity contribution is -0.385. The van der Waals surface area contributed by atoms with Gasteiger partial charge in [0, 0.05) is 17.7 Å². The van der Waals surface area contributed by atoms with Gasteiger partial charge in [-0.25, -0.2) is 9.97 Å². The van der Waals surface area contributed by atoms with E-state index >= 15 is 0 Å². The first-order valence-corrected chi connectivity index (χ1v) is 12.3. The number of rotatable bonds is 7. The van der Waals surface area contributed by atoms with Crippen LogP contribution < -0.4 is 15.0 Å². The smallest absolute Gasteiger partial charge is 0.416 e. The highest BCUT2D eigenvalue weighted by molar-refractivity contribution is 6.32. The lowest BCUT2D eigenvalue weighted by Gasteiger charge is -2.13. The summed E-state index contributed by atoms with van der Waals surface area (Å²) in [5.41, 5.74) is -1.09. The Balaban J connectivity index is 1.56. The second kappa shape index (κ2) is 11.3. The lowest BCUT2D eigenvalue weighted by atomic mass is 10.1. The first-order chi connectivity index (χ1) is 20.0. The fourth-order valence-electron chi connectivity index (χ4n) is 3.94. The van der Waals surface area contributed by atoms with Crippen molar-refractivity contribution in [2.75, 3.05) is 7.11 Å². The number of pyridine rings is 1. The van der Waals surface area contributed by atoms with E-state index in [1.54, 1.807) is 18.2 Å². The molecule has 5 rings (SSSR count). The molecule has 0 aliphatic heterocycles. The Kier molecular flexibility index (Phi) is 7.59. The molecule has 0 spiro atoms. The van der Waals surface area contributed by atoms with Gasteiger partial charge in [0.25, 0.3) is 11.2 Å². The zero-order valence-corrected chi connectivity index (χ0v) is 22.1. The number of halogens is 4. The zero-order valence-electron chi connectivity index (χ0n) is 21.4. The summed E-state index contributed by atoms with van der Waals surface area (Å²) in [6.07, 6.45) is -2.33.